The summed E-state index contributed by atoms with van der Waals surface area (Å²) in [6, 6.07) is 12.0. The second-order valence-corrected chi connectivity index (χ2v) is 12.1. The quantitative estimate of drug-likeness (QED) is 0.270. The highest BCUT2D eigenvalue weighted by Gasteiger charge is 2.49. The summed E-state index contributed by atoms with van der Waals surface area (Å²) in [5.41, 5.74) is 0.920. The van der Waals surface area contributed by atoms with Crippen LogP contribution in [0.15, 0.2) is 48.5 Å². The van der Waals surface area contributed by atoms with Crippen LogP contribution in [-0.2, 0) is 24.7 Å². The van der Waals surface area contributed by atoms with Crippen molar-refractivity contribution in [3.63, 3.8) is 0 Å². The molecular weight excluding hydrogens is 622 g/mol. The second-order valence-electron chi connectivity index (χ2n) is 11.7. The number of nitrogens with zero attached hydrogens (tertiary/aromatic N) is 1. The molecular formula is C33H31ClF2N4O6. The van der Waals surface area contributed by atoms with Gasteiger partial charge in [0, 0.05) is 24.2 Å². The summed E-state index contributed by atoms with van der Waals surface area (Å²) in [5, 5.41) is 7.80. The number of likely N-dealkylation sites (tertiary alicyclic amines) is 1. The minimum Gasteiger partial charge on any atom is -0.453 e. The Bertz CT molecular complexity index is 1750. The molecule has 4 amide bonds. The smallest absolute Gasteiger partial charge is 0.412 e. The van der Waals surface area contributed by atoms with Crippen molar-refractivity contribution < 1.29 is 37.4 Å². The minimum absolute atomic E-state index is 0.0903. The number of carbonyl (C=O) groups is 4. The molecule has 0 unspecified atom stereocenters. The van der Waals surface area contributed by atoms with Gasteiger partial charge in [-0.25, -0.2) is 18.4 Å². The third-order valence-corrected chi connectivity index (χ3v) is 8.94. The normalized spacial score (nSPS) is 21.0. The zero-order valence-corrected chi connectivity index (χ0v) is 25.6. The maximum absolute atomic E-state index is 15.5. The summed E-state index contributed by atoms with van der Waals surface area (Å²) in [6.45, 7) is 0.215. The molecule has 3 aliphatic heterocycles. The van der Waals surface area contributed by atoms with E-state index < -0.39 is 35.3 Å². The van der Waals surface area contributed by atoms with Crippen molar-refractivity contribution >= 4 is 52.7 Å². The molecule has 0 aliphatic carbocycles. The molecule has 3 aromatic rings. The summed E-state index contributed by atoms with van der Waals surface area (Å²) in [4.78, 5) is 53.1. The number of halogens is 3. The van der Waals surface area contributed by atoms with Gasteiger partial charge in [-0.05, 0) is 73.2 Å². The Kier molecular flexibility index (Phi) is 8.56. The first-order valence-electron chi connectivity index (χ1n) is 14.9. The Labute approximate surface area is 268 Å². The predicted molar refractivity (Wildman–Crippen MR) is 167 cm³/mol. The SMILES string of the molecule is COC(=O)Nc1ccc2c(c1)NC(=O)CCCC[C@H](C(=O)N1CCC[C@@]3(C1)OC(=O)Nc1ccc(Cl)c(F)c13)c1cc(F)cc-2c1. The van der Waals surface area contributed by atoms with E-state index in [-0.39, 0.29) is 47.5 Å². The largest absolute Gasteiger partial charge is 0.453 e. The third kappa shape index (κ3) is 6.09. The van der Waals surface area contributed by atoms with E-state index in [1.54, 1.807) is 29.2 Å². The zero-order chi connectivity index (χ0) is 32.6. The Morgan fingerprint density at radius 2 is 1.87 bits per heavy atom. The highest BCUT2D eigenvalue weighted by molar-refractivity contribution is 6.31. The molecule has 240 valence electrons. The Balaban J connectivity index is 1.37. The number of piperidine rings is 1. The van der Waals surface area contributed by atoms with Crippen molar-refractivity contribution in [3.05, 3.63) is 76.3 Å². The fraction of sp³-hybridized carbons (Fsp3) is 0.333. The van der Waals surface area contributed by atoms with Crippen LogP contribution in [0, 0.1) is 11.6 Å². The van der Waals surface area contributed by atoms with Gasteiger partial charge in [-0.2, -0.15) is 0 Å². The number of amides is 4. The van der Waals surface area contributed by atoms with Gasteiger partial charge in [0.2, 0.25) is 11.8 Å². The lowest BCUT2D eigenvalue weighted by atomic mass is 9.82. The average Bonchev–Trinajstić information content (AvgIpc) is 3.01. The number of benzene rings is 3. The van der Waals surface area contributed by atoms with Crippen LogP contribution in [0.2, 0.25) is 5.02 Å². The monoisotopic (exact) mass is 652 g/mol. The van der Waals surface area contributed by atoms with Gasteiger partial charge in [0.05, 0.1) is 41.5 Å². The van der Waals surface area contributed by atoms with E-state index in [4.69, 9.17) is 16.3 Å². The number of ether oxygens (including phenoxy) is 2. The van der Waals surface area contributed by atoms with E-state index in [0.717, 1.165) is 0 Å². The van der Waals surface area contributed by atoms with Crippen molar-refractivity contribution in [3.8, 4) is 11.1 Å². The van der Waals surface area contributed by atoms with Crippen LogP contribution in [0.25, 0.3) is 11.1 Å². The fourth-order valence-electron chi connectivity index (χ4n) is 6.58. The Hall–Kier alpha value is -4.71. The Morgan fingerprint density at radius 1 is 1.04 bits per heavy atom. The molecule has 0 saturated carbocycles. The van der Waals surface area contributed by atoms with Crippen LogP contribution >= 0.6 is 11.6 Å². The zero-order valence-electron chi connectivity index (χ0n) is 24.9. The molecule has 3 heterocycles. The van der Waals surface area contributed by atoms with Gasteiger partial charge in [-0.3, -0.25) is 20.2 Å². The molecule has 3 aliphatic rings. The molecule has 10 nitrogen and oxygen atoms in total. The molecule has 3 N–H and O–H groups in total. The van der Waals surface area contributed by atoms with Crippen LogP contribution < -0.4 is 16.0 Å². The van der Waals surface area contributed by atoms with E-state index in [1.807, 2.05) is 0 Å². The Morgan fingerprint density at radius 3 is 2.67 bits per heavy atom. The lowest BCUT2D eigenvalue weighted by molar-refractivity contribution is -0.141. The van der Waals surface area contributed by atoms with Crippen LogP contribution in [-0.4, -0.2) is 49.1 Å². The van der Waals surface area contributed by atoms with Crippen LogP contribution in [0.3, 0.4) is 0 Å². The van der Waals surface area contributed by atoms with Gasteiger partial charge >= 0.3 is 12.2 Å². The molecule has 1 saturated heterocycles. The molecule has 1 fully saturated rings. The molecule has 2 bridgehead atoms. The number of hydrogen-bond donors (Lipinski definition) is 3. The number of fused-ring (bicyclic) bond motifs is 6. The molecule has 1 spiro atoms. The number of methoxy groups -OCH3 is 1. The van der Waals surface area contributed by atoms with Crippen molar-refractivity contribution in [1.29, 1.82) is 0 Å². The first-order valence-corrected chi connectivity index (χ1v) is 15.3. The molecule has 0 aromatic heterocycles. The van der Waals surface area contributed by atoms with Gasteiger partial charge < -0.3 is 19.7 Å². The summed E-state index contributed by atoms with van der Waals surface area (Å²) < 4.78 is 41.1. The molecule has 6 rings (SSSR count). The van der Waals surface area contributed by atoms with E-state index in [0.29, 0.717) is 60.3 Å². The standard InChI is InChI=1S/C33H31ClF2N4O6/c1-45-31(43)37-21-7-8-22-18-13-19(15-20(35)14-18)23(5-2-3-6-27(41)38-26(22)16-21)30(42)40-12-4-11-33(17-40)28-25(39-32(44)46-33)10-9-24(34)29(28)36/h7-10,13-16,23H,2-6,11-12,17H2,1H3,(H,37,43)(H,38,41)(H,39,44)/t23-,33-/m0/s1. The summed E-state index contributed by atoms with van der Waals surface area (Å²) in [6.07, 6.45) is 0.681. The van der Waals surface area contributed by atoms with Crippen molar-refractivity contribution in [1.82, 2.24) is 4.90 Å². The molecule has 3 aromatic carbocycles. The number of nitrogens with one attached hydrogen (secondary N) is 3. The van der Waals surface area contributed by atoms with E-state index in [1.165, 1.54) is 31.4 Å². The van der Waals surface area contributed by atoms with Gasteiger partial charge in [-0.15, -0.1) is 0 Å². The predicted octanol–water partition coefficient (Wildman–Crippen LogP) is 7.14. The first-order chi connectivity index (χ1) is 22.1. The van der Waals surface area contributed by atoms with Gasteiger partial charge in [0.25, 0.3) is 0 Å². The van der Waals surface area contributed by atoms with E-state index in [9.17, 15) is 19.2 Å². The summed E-state index contributed by atoms with van der Waals surface area (Å²) >= 11 is 6.12. The number of hydrogen-bond acceptors (Lipinski definition) is 6. The molecule has 0 radical (unpaired) electrons. The van der Waals surface area contributed by atoms with Gasteiger partial charge in [0.15, 0.2) is 11.4 Å². The topological polar surface area (TPSA) is 126 Å². The highest BCUT2D eigenvalue weighted by Crippen LogP contribution is 2.46. The van der Waals surface area contributed by atoms with Crippen LogP contribution in [0.1, 0.15) is 55.6 Å². The number of rotatable bonds is 2. The summed E-state index contributed by atoms with van der Waals surface area (Å²) in [5.74, 6) is -2.70. The third-order valence-electron chi connectivity index (χ3n) is 8.65. The first kappa shape index (κ1) is 31.3. The van der Waals surface area contributed by atoms with Crippen molar-refractivity contribution in [2.45, 2.75) is 50.0 Å². The van der Waals surface area contributed by atoms with Crippen LogP contribution in [0.4, 0.5) is 35.4 Å². The minimum atomic E-state index is -1.45. The number of anilines is 3. The lowest BCUT2D eigenvalue weighted by Gasteiger charge is -2.45. The second kappa shape index (κ2) is 12.6. The summed E-state index contributed by atoms with van der Waals surface area (Å²) in [7, 11) is 1.23. The van der Waals surface area contributed by atoms with Crippen molar-refractivity contribution in [2.24, 2.45) is 0 Å². The average molecular weight is 653 g/mol. The molecule has 13 heteroatoms. The van der Waals surface area contributed by atoms with Gasteiger partial charge in [-0.1, -0.05) is 30.2 Å². The molecule has 2 atom stereocenters. The maximum Gasteiger partial charge on any atom is 0.412 e. The van der Waals surface area contributed by atoms with Crippen molar-refractivity contribution in [2.75, 3.05) is 36.1 Å². The number of carbonyl (C=O) groups excluding carboxylic acids is 4. The van der Waals surface area contributed by atoms with E-state index in [2.05, 4.69) is 20.7 Å². The van der Waals surface area contributed by atoms with E-state index >= 15 is 8.78 Å². The highest BCUT2D eigenvalue weighted by atomic mass is 35.5. The fourth-order valence-corrected chi connectivity index (χ4v) is 6.73. The molecule has 46 heavy (non-hydrogen) atoms. The lowest BCUT2D eigenvalue weighted by Crippen LogP contribution is -2.54. The van der Waals surface area contributed by atoms with Crippen LogP contribution in [0.5, 0.6) is 0 Å². The van der Waals surface area contributed by atoms with Gasteiger partial charge in [0.1, 0.15) is 5.82 Å². The maximum atomic E-state index is 15.5.